The summed E-state index contributed by atoms with van der Waals surface area (Å²) in [6.07, 6.45) is 7.77. The fourth-order valence-corrected chi connectivity index (χ4v) is 5.54. The monoisotopic (exact) mass is 533 g/mol. The van der Waals surface area contributed by atoms with E-state index in [1.807, 2.05) is 6.07 Å². The molecule has 196 valence electrons. The van der Waals surface area contributed by atoms with Crippen molar-refractivity contribution in [2.75, 3.05) is 6.26 Å². The molecule has 0 aliphatic heterocycles. The van der Waals surface area contributed by atoms with Gasteiger partial charge in [0.15, 0.2) is 9.84 Å². The lowest BCUT2D eigenvalue weighted by Crippen LogP contribution is -2.40. The van der Waals surface area contributed by atoms with Crippen molar-refractivity contribution in [1.82, 2.24) is 14.9 Å². The molecule has 7 nitrogen and oxygen atoms in total. The highest BCUT2D eigenvalue weighted by Gasteiger charge is 2.21. The lowest BCUT2D eigenvalue weighted by Gasteiger charge is -2.23. The zero-order valence-electron chi connectivity index (χ0n) is 21.0. The molecular weight excluding hydrogens is 505 g/mol. The third-order valence-corrected chi connectivity index (χ3v) is 8.11. The number of nitrogens with one attached hydrogen (secondary N) is 1. The lowest BCUT2D eigenvalue weighted by molar-refractivity contribution is 0.0926. The number of pyridine rings is 2. The van der Waals surface area contributed by atoms with Crippen LogP contribution in [0.5, 0.6) is 0 Å². The molecule has 38 heavy (non-hydrogen) atoms. The Bertz CT molecular complexity index is 1660. The minimum Gasteiger partial charge on any atom is -0.349 e. The molecule has 9 heteroatoms. The van der Waals surface area contributed by atoms with Gasteiger partial charge >= 0.3 is 0 Å². The van der Waals surface area contributed by atoms with Crippen LogP contribution in [-0.2, 0) is 16.4 Å². The van der Waals surface area contributed by atoms with Gasteiger partial charge in [-0.2, -0.15) is 0 Å². The highest BCUT2D eigenvalue weighted by atomic mass is 32.2. The summed E-state index contributed by atoms with van der Waals surface area (Å²) in [7, 11) is -3.33. The molecule has 0 bridgehead atoms. The fraction of sp³-hybridized carbons (Fsp3) is 0.276. The van der Waals surface area contributed by atoms with Crippen LogP contribution < -0.4 is 10.9 Å². The molecule has 1 aliphatic rings. The molecular formula is C29H28FN3O4S. The number of carbonyl (C=O) groups is 1. The second-order valence-corrected chi connectivity index (χ2v) is 11.8. The second-order valence-electron chi connectivity index (χ2n) is 9.82. The van der Waals surface area contributed by atoms with Crippen LogP contribution in [0.1, 0.15) is 48.0 Å². The van der Waals surface area contributed by atoms with Gasteiger partial charge in [0.2, 0.25) is 0 Å². The van der Waals surface area contributed by atoms with E-state index < -0.39 is 21.3 Å². The predicted octanol–water partition coefficient (Wildman–Crippen LogP) is 4.72. The molecule has 1 saturated carbocycles. The zero-order chi connectivity index (χ0) is 26.9. The molecule has 4 aromatic rings. The van der Waals surface area contributed by atoms with Crippen molar-refractivity contribution in [1.29, 1.82) is 0 Å². The molecule has 0 saturated heterocycles. The van der Waals surface area contributed by atoms with E-state index >= 15 is 0 Å². The minimum atomic E-state index is -3.33. The second kappa shape index (κ2) is 10.5. The first-order valence-corrected chi connectivity index (χ1v) is 14.5. The molecule has 0 spiro atoms. The Balaban J connectivity index is 1.59. The quantitative estimate of drug-likeness (QED) is 0.387. The predicted molar refractivity (Wildman–Crippen MR) is 144 cm³/mol. The number of sulfone groups is 1. The van der Waals surface area contributed by atoms with Crippen LogP contribution in [0.4, 0.5) is 4.39 Å². The Kier molecular flexibility index (Phi) is 7.12. The van der Waals surface area contributed by atoms with Gasteiger partial charge in [0.25, 0.3) is 11.5 Å². The first-order valence-electron chi connectivity index (χ1n) is 12.6. The number of halogens is 1. The Morgan fingerprint density at radius 2 is 1.68 bits per heavy atom. The van der Waals surface area contributed by atoms with E-state index in [2.05, 4.69) is 10.3 Å². The topological polar surface area (TPSA) is 98.1 Å². The molecule has 5 rings (SSSR count). The average Bonchev–Trinajstić information content (AvgIpc) is 2.91. The number of amides is 1. The van der Waals surface area contributed by atoms with Crippen LogP contribution in [0.15, 0.2) is 76.6 Å². The van der Waals surface area contributed by atoms with E-state index in [1.165, 1.54) is 28.8 Å². The number of benzene rings is 2. The number of hydrogen-bond acceptors (Lipinski definition) is 5. The highest BCUT2D eigenvalue weighted by Crippen LogP contribution is 2.25. The van der Waals surface area contributed by atoms with Crippen molar-refractivity contribution < 1.29 is 17.6 Å². The summed E-state index contributed by atoms with van der Waals surface area (Å²) in [5.74, 6) is -0.796. The number of carbonyl (C=O) groups excluding carboxylic acids is 1. The van der Waals surface area contributed by atoms with Crippen molar-refractivity contribution in [2.45, 2.75) is 49.6 Å². The Hall–Kier alpha value is -3.85. The van der Waals surface area contributed by atoms with Gasteiger partial charge in [-0.25, -0.2) is 17.8 Å². The third-order valence-electron chi connectivity index (χ3n) is 6.98. The fourth-order valence-electron chi connectivity index (χ4n) is 4.91. The molecule has 2 heterocycles. The summed E-state index contributed by atoms with van der Waals surface area (Å²) in [4.78, 5) is 31.6. The van der Waals surface area contributed by atoms with E-state index in [1.54, 1.807) is 36.5 Å². The number of hydrogen-bond donors (Lipinski definition) is 1. The summed E-state index contributed by atoms with van der Waals surface area (Å²) < 4.78 is 38.6. The zero-order valence-corrected chi connectivity index (χ0v) is 21.8. The summed E-state index contributed by atoms with van der Waals surface area (Å²) in [6, 6.07) is 15.8. The Morgan fingerprint density at radius 3 is 2.34 bits per heavy atom. The molecule has 0 radical (unpaired) electrons. The molecule has 1 amide bonds. The molecule has 1 aliphatic carbocycles. The lowest BCUT2D eigenvalue weighted by atomic mass is 9.95. The number of aromatic nitrogens is 2. The maximum absolute atomic E-state index is 13.6. The van der Waals surface area contributed by atoms with Gasteiger partial charge in [0.05, 0.1) is 11.4 Å². The van der Waals surface area contributed by atoms with Crippen molar-refractivity contribution in [3.8, 4) is 11.1 Å². The van der Waals surface area contributed by atoms with E-state index in [0.717, 1.165) is 43.9 Å². The number of nitrogens with zero attached hydrogens (tertiary/aromatic N) is 2. The SMILES string of the molecule is CS(=O)(=O)c1ccc(-c2cnc3c(c2)cc(C(=O)NC2CCCCC2)c(=O)n3Cc2ccc(F)cc2)cc1. The summed E-state index contributed by atoms with van der Waals surface area (Å²) in [5.41, 5.74) is 2.11. The van der Waals surface area contributed by atoms with Gasteiger partial charge < -0.3 is 5.32 Å². The van der Waals surface area contributed by atoms with Gasteiger partial charge in [0.1, 0.15) is 17.0 Å². The van der Waals surface area contributed by atoms with E-state index in [-0.39, 0.29) is 28.9 Å². The van der Waals surface area contributed by atoms with E-state index in [0.29, 0.717) is 22.2 Å². The van der Waals surface area contributed by atoms with Crippen LogP contribution in [0.3, 0.4) is 0 Å². The number of fused-ring (bicyclic) bond motifs is 1. The van der Waals surface area contributed by atoms with E-state index in [9.17, 15) is 22.4 Å². The minimum absolute atomic E-state index is 0.0246. The van der Waals surface area contributed by atoms with Crippen LogP contribution >= 0.6 is 0 Å². The van der Waals surface area contributed by atoms with Gasteiger partial charge in [-0.3, -0.25) is 14.2 Å². The maximum Gasteiger partial charge on any atom is 0.265 e. The Morgan fingerprint density at radius 1 is 1.00 bits per heavy atom. The number of rotatable bonds is 6. The van der Waals surface area contributed by atoms with Crippen molar-refractivity contribution >= 4 is 26.8 Å². The van der Waals surface area contributed by atoms with Crippen molar-refractivity contribution in [3.63, 3.8) is 0 Å². The van der Waals surface area contributed by atoms with Crippen molar-refractivity contribution in [3.05, 3.63) is 94.2 Å². The first kappa shape index (κ1) is 25.8. The highest BCUT2D eigenvalue weighted by molar-refractivity contribution is 7.90. The first-order chi connectivity index (χ1) is 18.2. The maximum atomic E-state index is 13.6. The molecule has 2 aromatic heterocycles. The van der Waals surface area contributed by atoms with Crippen molar-refractivity contribution in [2.24, 2.45) is 0 Å². The summed E-state index contributed by atoms with van der Waals surface area (Å²) in [5, 5.41) is 3.61. The average molecular weight is 534 g/mol. The Labute approximate surface area is 220 Å². The van der Waals surface area contributed by atoms with Gasteiger partial charge in [-0.05, 0) is 60.4 Å². The smallest absolute Gasteiger partial charge is 0.265 e. The van der Waals surface area contributed by atoms with Crippen LogP contribution in [0.2, 0.25) is 0 Å². The largest absolute Gasteiger partial charge is 0.349 e. The summed E-state index contributed by atoms with van der Waals surface area (Å²) in [6.45, 7) is 0.121. The standard InChI is InChI=1S/C29H28FN3O4S/c1-38(36,37)25-13-9-20(10-14-25)22-15-21-16-26(28(34)32-24-5-3-2-4-6-24)29(35)33(27(21)31-17-22)18-19-7-11-23(30)12-8-19/h7-17,24H,2-6,18H2,1H3,(H,32,34). The van der Waals surface area contributed by atoms with Gasteiger partial charge in [0, 0.05) is 29.4 Å². The molecule has 2 aromatic carbocycles. The molecule has 1 fully saturated rings. The third kappa shape index (κ3) is 5.52. The molecule has 0 unspecified atom stereocenters. The summed E-state index contributed by atoms with van der Waals surface area (Å²) >= 11 is 0. The normalized spacial score (nSPS) is 14.5. The van der Waals surface area contributed by atoms with Crippen LogP contribution in [0.25, 0.3) is 22.2 Å². The van der Waals surface area contributed by atoms with Gasteiger partial charge in [-0.15, -0.1) is 0 Å². The molecule has 1 N–H and O–H groups in total. The molecule has 0 atom stereocenters. The van der Waals surface area contributed by atoms with Gasteiger partial charge in [-0.1, -0.05) is 43.5 Å². The van der Waals surface area contributed by atoms with Crippen LogP contribution in [-0.4, -0.2) is 36.2 Å². The van der Waals surface area contributed by atoms with Crippen LogP contribution in [0, 0.1) is 5.82 Å². The van der Waals surface area contributed by atoms with E-state index in [4.69, 9.17) is 0 Å².